The van der Waals surface area contributed by atoms with E-state index in [2.05, 4.69) is 11.8 Å². The normalized spacial score (nSPS) is 10.3. The molecule has 5 nitrogen and oxygen atoms in total. The number of esters is 2. The van der Waals surface area contributed by atoms with Crippen LogP contribution in [0, 0.1) is 0 Å². The summed E-state index contributed by atoms with van der Waals surface area (Å²) in [6.45, 7) is 7.80. The first-order chi connectivity index (χ1) is 13.1. The van der Waals surface area contributed by atoms with Crippen LogP contribution in [0.5, 0.6) is 0 Å². The fourth-order valence-corrected chi connectivity index (χ4v) is 2.86. The lowest BCUT2D eigenvalue weighted by molar-refractivity contribution is -0.142. The zero-order valence-corrected chi connectivity index (χ0v) is 16.2. The Labute approximate surface area is 160 Å². The second kappa shape index (κ2) is 10.4. The number of nitrogens with zero attached hydrogens (tertiary/aromatic N) is 1. The molecule has 0 atom stereocenters. The van der Waals surface area contributed by atoms with Crippen molar-refractivity contribution in [1.82, 2.24) is 0 Å². The molecule has 0 aliphatic carbocycles. The molecule has 2 aromatic carbocycles. The summed E-state index contributed by atoms with van der Waals surface area (Å²) in [5.41, 5.74) is 3.47. The second-order valence-electron chi connectivity index (χ2n) is 6.04. The Morgan fingerprint density at radius 3 is 2.19 bits per heavy atom. The number of hydrogen-bond acceptors (Lipinski definition) is 5. The summed E-state index contributed by atoms with van der Waals surface area (Å²) in [4.78, 5) is 26.0. The number of carbonyl (C=O) groups excluding carboxylic acids is 2. The molecule has 0 spiro atoms. The predicted octanol–water partition coefficient (Wildman–Crippen LogP) is 4.00. The van der Waals surface area contributed by atoms with Gasteiger partial charge in [-0.1, -0.05) is 30.3 Å². The fourth-order valence-electron chi connectivity index (χ4n) is 2.86. The van der Waals surface area contributed by atoms with Crippen molar-refractivity contribution in [3.8, 4) is 0 Å². The zero-order valence-electron chi connectivity index (χ0n) is 16.2. The molecule has 0 aliphatic rings. The molecule has 0 amide bonds. The van der Waals surface area contributed by atoms with Gasteiger partial charge in [-0.05, 0) is 50.1 Å². The average Bonchev–Trinajstić information content (AvgIpc) is 2.67. The van der Waals surface area contributed by atoms with E-state index in [0.29, 0.717) is 25.3 Å². The highest BCUT2D eigenvalue weighted by atomic mass is 16.5. The van der Waals surface area contributed by atoms with E-state index in [0.717, 1.165) is 23.4 Å². The zero-order chi connectivity index (χ0) is 19.6. The number of ether oxygens (including phenoxy) is 2. The van der Waals surface area contributed by atoms with Crippen LogP contribution >= 0.6 is 0 Å². The SMILES string of the molecule is CCOC(=O)Cc1ccc(N(CC)Cc2ccccc2C(=O)OCC)cc1. The van der Waals surface area contributed by atoms with Crippen molar-refractivity contribution in [2.45, 2.75) is 33.7 Å². The van der Waals surface area contributed by atoms with E-state index in [1.165, 1.54) is 0 Å². The summed E-state index contributed by atoms with van der Waals surface area (Å²) in [5.74, 6) is -0.519. The Bertz CT molecular complexity index is 755. The molecular formula is C22H27NO4. The fraction of sp³-hybridized carbons (Fsp3) is 0.364. The maximum Gasteiger partial charge on any atom is 0.338 e. The maximum atomic E-state index is 12.2. The summed E-state index contributed by atoms with van der Waals surface area (Å²) < 4.78 is 10.1. The van der Waals surface area contributed by atoms with Crippen LogP contribution in [-0.4, -0.2) is 31.7 Å². The highest BCUT2D eigenvalue weighted by Gasteiger charge is 2.15. The summed E-state index contributed by atoms with van der Waals surface area (Å²) in [6, 6.07) is 15.4. The van der Waals surface area contributed by atoms with E-state index < -0.39 is 0 Å². The summed E-state index contributed by atoms with van der Waals surface area (Å²) >= 11 is 0. The third-order valence-corrected chi connectivity index (χ3v) is 4.21. The van der Waals surface area contributed by atoms with Crippen molar-refractivity contribution < 1.29 is 19.1 Å². The van der Waals surface area contributed by atoms with Crippen molar-refractivity contribution in [3.05, 3.63) is 65.2 Å². The van der Waals surface area contributed by atoms with Gasteiger partial charge in [0.05, 0.1) is 25.2 Å². The molecule has 27 heavy (non-hydrogen) atoms. The van der Waals surface area contributed by atoms with Gasteiger partial charge >= 0.3 is 11.9 Å². The van der Waals surface area contributed by atoms with Gasteiger partial charge in [0.1, 0.15) is 0 Å². The number of anilines is 1. The van der Waals surface area contributed by atoms with Gasteiger partial charge in [-0.25, -0.2) is 4.79 Å². The Hall–Kier alpha value is -2.82. The molecule has 0 aliphatic heterocycles. The molecule has 144 valence electrons. The number of benzene rings is 2. The van der Waals surface area contributed by atoms with Crippen molar-refractivity contribution in [3.63, 3.8) is 0 Å². The van der Waals surface area contributed by atoms with Crippen LogP contribution in [0.4, 0.5) is 5.69 Å². The standard InChI is InChI=1S/C22H27NO4/c1-4-23(16-18-9-7-8-10-20(18)22(25)27-6-3)19-13-11-17(12-14-19)15-21(24)26-5-2/h7-14H,4-6,15-16H2,1-3H3. The molecule has 0 heterocycles. The number of carbonyl (C=O) groups is 2. The largest absolute Gasteiger partial charge is 0.466 e. The molecule has 0 unspecified atom stereocenters. The second-order valence-corrected chi connectivity index (χ2v) is 6.04. The molecule has 0 saturated carbocycles. The lowest BCUT2D eigenvalue weighted by Crippen LogP contribution is -2.23. The van der Waals surface area contributed by atoms with E-state index in [1.54, 1.807) is 19.9 Å². The van der Waals surface area contributed by atoms with Crippen molar-refractivity contribution >= 4 is 17.6 Å². The van der Waals surface area contributed by atoms with Gasteiger partial charge in [0.25, 0.3) is 0 Å². The molecule has 0 bridgehead atoms. The molecular weight excluding hydrogens is 342 g/mol. The highest BCUT2D eigenvalue weighted by Crippen LogP contribution is 2.20. The molecule has 0 aromatic heterocycles. The minimum Gasteiger partial charge on any atom is -0.466 e. The topological polar surface area (TPSA) is 55.8 Å². The first kappa shape index (κ1) is 20.5. The van der Waals surface area contributed by atoms with Gasteiger partial charge in [0, 0.05) is 18.8 Å². The first-order valence-electron chi connectivity index (χ1n) is 9.33. The van der Waals surface area contributed by atoms with E-state index in [-0.39, 0.29) is 18.4 Å². The van der Waals surface area contributed by atoms with Crippen molar-refractivity contribution in [2.75, 3.05) is 24.7 Å². The van der Waals surface area contributed by atoms with Gasteiger partial charge in [0.2, 0.25) is 0 Å². The van der Waals surface area contributed by atoms with Gasteiger partial charge in [-0.2, -0.15) is 0 Å². The number of rotatable bonds is 9. The van der Waals surface area contributed by atoms with Crippen LogP contribution in [0.15, 0.2) is 48.5 Å². The monoisotopic (exact) mass is 369 g/mol. The van der Waals surface area contributed by atoms with Crippen molar-refractivity contribution in [2.24, 2.45) is 0 Å². The molecule has 5 heteroatoms. The summed E-state index contributed by atoms with van der Waals surface area (Å²) in [7, 11) is 0. The lowest BCUT2D eigenvalue weighted by atomic mass is 10.1. The smallest absolute Gasteiger partial charge is 0.338 e. The first-order valence-corrected chi connectivity index (χ1v) is 9.33. The van der Waals surface area contributed by atoms with E-state index in [9.17, 15) is 9.59 Å². The van der Waals surface area contributed by atoms with E-state index in [4.69, 9.17) is 9.47 Å². The van der Waals surface area contributed by atoms with Crippen LogP contribution in [0.2, 0.25) is 0 Å². The van der Waals surface area contributed by atoms with E-state index in [1.807, 2.05) is 42.5 Å². The molecule has 2 rings (SSSR count). The Morgan fingerprint density at radius 1 is 0.889 bits per heavy atom. The van der Waals surface area contributed by atoms with Crippen LogP contribution in [0.1, 0.15) is 42.3 Å². The van der Waals surface area contributed by atoms with Gasteiger partial charge in [-0.15, -0.1) is 0 Å². The predicted molar refractivity (Wildman–Crippen MR) is 106 cm³/mol. The number of hydrogen-bond donors (Lipinski definition) is 0. The van der Waals surface area contributed by atoms with Gasteiger partial charge in [-0.3, -0.25) is 4.79 Å². The Kier molecular flexibility index (Phi) is 7.86. The third-order valence-electron chi connectivity index (χ3n) is 4.21. The molecule has 0 fully saturated rings. The van der Waals surface area contributed by atoms with Crippen LogP contribution < -0.4 is 4.90 Å². The third kappa shape index (κ3) is 5.84. The Balaban J connectivity index is 2.14. The molecule has 0 N–H and O–H groups in total. The maximum absolute atomic E-state index is 12.2. The Morgan fingerprint density at radius 2 is 1.56 bits per heavy atom. The molecule has 2 aromatic rings. The average molecular weight is 369 g/mol. The summed E-state index contributed by atoms with van der Waals surface area (Å²) in [5, 5.41) is 0. The minimum atomic E-state index is -0.297. The van der Waals surface area contributed by atoms with Crippen LogP contribution in [0.25, 0.3) is 0 Å². The quantitative estimate of drug-likeness (QED) is 0.626. The lowest BCUT2D eigenvalue weighted by Gasteiger charge is -2.24. The summed E-state index contributed by atoms with van der Waals surface area (Å²) in [6.07, 6.45) is 0.270. The molecule has 0 radical (unpaired) electrons. The van der Waals surface area contributed by atoms with Crippen LogP contribution in [-0.2, 0) is 27.2 Å². The van der Waals surface area contributed by atoms with Crippen LogP contribution in [0.3, 0.4) is 0 Å². The highest BCUT2D eigenvalue weighted by molar-refractivity contribution is 5.91. The van der Waals surface area contributed by atoms with Gasteiger partial charge in [0.15, 0.2) is 0 Å². The molecule has 0 saturated heterocycles. The van der Waals surface area contributed by atoms with Gasteiger partial charge < -0.3 is 14.4 Å². The minimum absolute atomic E-state index is 0.221. The van der Waals surface area contributed by atoms with Crippen molar-refractivity contribution in [1.29, 1.82) is 0 Å². The van der Waals surface area contributed by atoms with E-state index >= 15 is 0 Å².